The number of hydrogen-bond donors (Lipinski definition) is 0. The lowest BCUT2D eigenvalue weighted by Crippen LogP contribution is -2.13. The van der Waals surface area contributed by atoms with Gasteiger partial charge in [-0.15, -0.1) is 0 Å². The average molecular weight is 305 g/mol. The lowest BCUT2D eigenvalue weighted by atomic mass is 10.1. The molecule has 0 bridgehead atoms. The van der Waals surface area contributed by atoms with Crippen LogP contribution in [0.1, 0.15) is 19.4 Å². The van der Waals surface area contributed by atoms with Crippen LogP contribution in [-0.2, 0) is 9.53 Å². The molecule has 0 saturated heterocycles. The molecule has 5 heteroatoms. The maximum Gasteiger partial charge on any atom is 0.316 e. The van der Waals surface area contributed by atoms with Crippen molar-refractivity contribution in [2.45, 2.75) is 31.9 Å². The fourth-order valence-electron chi connectivity index (χ4n) is 1.94. The Morgan fingerprint density at radius 3 is 2.76 bits per heavy atom. The Kier molecular flexibility index (Phi) is 5.07. The molecular formula is C16H19NO3S. The van der Waals surface area contributed by atoms with Crippen LogP contribution in [0.3, 0.4) is 0 Å². The van der Waals surface area contributed by atoms with Gasteiger partial charge in [0, 0.05) is 5.39 Å². The first-order valence-corrected chi connectivity index (χ1v) is 7.76. The number of aromatic nitrogens is 1. The van der Waals surface area contributed by atoms with Gasteiger partial charge in [0.25, 0.3) is 0 Å². The summed E-state index contributed by atoms with van der Waals surface area (Å²) in [6.07, 6.45) is -0.0868. The van der Waals surface area contributed by atoms with Gasteiger partial charge in [0.15, 0.2) is 0 Å². The van der Waals surface area contributed by atoms with E-state index in [-0.39, 0.29) is 17.8 Å². The predicted octanol–water partition coefficient (Wildman–Crippen LogP) is 3.60. The molecule has 0 atom stereocenters. The molecule has 112 valence electrons. The number of benzene rings is 1. The van der Waals surface area contributed by atoms with Gasteiger partial charge in [-0.1, -0.05) is 11.8 Å². The van der Waals surface area contributed by atoms with Crippen molar-refractivity contribution >= 4 is 28.6 Å². The fourth-order valence-corrected chi connectivity index (χ4v) is 2.71. The lowest BCUT2D eigenvalue weighted by molar-refractivity contribution is -0.144. The number of hydrogen-bond acceptors (Lipinski definition) is 5. The van der Waals surface area contributed by atoms with Gasteiger partial charge >= 0.3 is 5.97 Å². The maximum absolute atomic E-state index is 11.6. The van der Waals surface area contributed by atoms with Crippen LogP contribution in [0.15, 0.2) is 29.3 Å². The summed E-state index contributed by atoms with van der Waals surface area (Å²) in [5.41, 5.74) is 1.93. The number of thioether (sulfide) groups is 1. The second-order valence-corrected chi connectivity index (χ2v) is 5.96. The molecule has 4 nitrogen and oxygen atoms in total. The summed E-state index contributed by atoms with van der Waals surface area (Å²) >= 11 is 1.41. The molecule has 0 fully saturated rings. The zero-order valence-corrected chi connectivity index (χ0v) is 13.5. The van der Waals surface area contributed by atoms with E-state index in [2.05, 4.69) is 11.1 Å². The molecule has 0 aliphatic carbocycles. The van der Waals surface area contributed by atoms with Crippen molar-refractivity contribution in [3.63, 3.8) is 0 Å². The van der Waals surface area contributed by atoms with Crippen molar-refractivity contribution in [1.29, 1.82) is 0 Å². The molecule has 0 radical (unpaired) electrons. The maximum atomic E-state index is 11.6. The van der Waals surface area contributed by atoms with E-state index < -0.39 is 0 Å². The summed E-state index contributed by atoms with van der Waals surface area (Å²) < 4.78 is 10.3. The van der Waals surface area contributed by atoms with Crippen LogP contribution in [0.25, 0.3) is 10.9 Å². The quantitative estimate of drug-likeness (QED) is 0.624. The summed E-state index contributed by atoms with van der Waals surface area (Å²) in [5, 5.41) is 1.88. The molecule has 0 unspecified atom stereocenters. The van der Waals surface area contributed by atoms with Gasteiger partial charge in [-0.25, -0.2) is 4.98 Å². The summed E-state index contributed by atoms with van der Waals surface area (Å²) in [6.45, 7) is 5.67. The standard InChI is InChI=1S/C16H19NO3S/c1-10(2)20-15(18)9-21-16-11(3)7-12-8-13(19-4)5-6-14(12)17-16/h5-8,10H,9H2,1-4H3. The van der Waals surface area contributed by atoms with Crippen LogP contribution < -0.4 is 4.74 Å². The highest BCUT2D eigenvalue weighted by molar-refractivity contribution is 7.99. The molecule has 0 aliphatic heterocycles. The van der Waals surface area contributed by atoms with Gasteiger partial charge in [-0.2, -0.15) is 0 Å². The van der Waals surface area contributed by atoms with Crippen molar-refractivity contribution in [1.82, 2.24) is 4.98 Å². The second kappa shape index (κ2) is 6.80. The van der Waals surface area contributed by atoms with Crippen LogP contribution in [0.4, 0.5) is 0 Å². The molecule has 1 heterocycles. The zero-order valence-electron chi connectivity index (χ0n) is 12.7. The Bertz CT molecular complexity index is 655. The number of carbonyl (C=O) groups excluding carboxylic acids is 1. The number of nitrogens with zero attached hydrogens (tertiary/aromatic N) is 1. The molecule has 1 aromatic carbocycles. The predicted molar refractivity (Wildman–Crippen MR) is 85.0 cm³/mol. The Morgan fingerprint density at radius 2 is 2.10 bits per heavy atom. The summed E-state index contributed by atoms with van der Waals surface area (Å²) in [5.74, 6) is 0.865. The van der Waals surface area contributed by atoms with E-state index in [1.165, 1.54) is 11.8 Å². The number of carbonyl (C=O) groups is 1. The van der Waals surface area contributed by atoms with E-state index in [1.807, 2.05) is 39.0 Å². The molecule has 0 N–H and O–H groups in total. The minimum atomic E-state index is -0.217. The number of fused-ring (bicyclic) bond motifs is 1. The van der Waals surface area contributed by atoms with E-state index >= 15 is 0 Å². The molecule has 1 aromatic heterocycles. The van der Waals surface area contributed by atoms with Crippen LogP contribution in [0, 0.1) is 6.92 Å². The molecule has 2 aromatic rings. The van der Waals surface area contributed by atoms with Crippen LogP contribution in [0.5, 0.6) is 5.75 Å². The highest BCUT2D eigenvalue weighted by Gasteiger charge is 2.10. The van der Waals surface area contributed by atoms with Crippen molar-refractivity contribution in [3.05, 3.63) is 29.8 Å². The van der Waals surface area contributed by atoms with E-state index in [1.54, 1.807) is 7.11 Å². The lowest BCUT2D eigenvalue weighted by Gasteiger charge is -2.09. The first-order chi connectivity index (χ1) is 9.99. The van der Waals surface area contributed by atoms with Crippen molar-refractivity contribution in [2.24, 2.45) is 0 Å². The van der Waals surface area contributed by atoms with Crippen LogP contribution in [0.2, 0.25) is 0 Å². The monoisotopic (exact) mass is 305 g/mol. The number of methoxy groups -OCH3 is 1. The summed E-state index contributed by atoms with van der Waals surface area (Å²) in [4.78, 5) is 16.2. The third-order valence-electron chi connectivity index (χ3n) is 2.86. The highest BCUT2D eigenvalue weighted by Crippen LogP contribution is 2.26. The Morgan fingerprint density at radius 1 is 1.33 bits per heavy atom. The Labute approximate surface area is 128 Å². The van der Waals surface area contributed by atoms with Gasteiger partial charge in [-0.3, -0.25) is 4.79 Å². The number of esters is 1. The molecule has 2 rings (SSSR count). The van der Waals surface area contributed by atoms with Gasteiger partial charge in [0.1, 0.15) is 10.8 Å². The van der Waals surface area contributed by atoms with Gasteiger partial charge < -0.3 is 9.47 Å². The van der Waals surface area contributed by atoms with E-state index in [9.17, 15) is 4.79 Å². The molecule has 0 amide bonds. The van der Waals surface area contributed by atoms with Crippen molar-refractivity contribution < 1.29 is 14.3 Å². The van der Waals surface area contributed by atoms with Crippen LogP contribution >= 0.6 is 11.8 Å². The van der Waals surface area contributed by atoms with Gasteiger partial charge in [0.2, 0.25) is 0 Å². The van der Waals surface area contributed by atoms with Crippen molar-refractivity contribution in [3.8, 4) is 5.75 Å². The topological polar surface area (TPSA) is 48.4 Å². The third-order valence-corrected chi connectivity index (χ3v) is 3.93. The smallest absolute Gasteiger partial charge is 0.316 e. The molecule has 21 heavy (non-hydrogen) atoms. The zero-order chi connectivity index (χ0) is 15.4. The first-order valence-electron chi connectivity index (χ1n) is 6.77. The normalized spacial score (nSPS) is 10.9. The molecule has 0 saturated carbocycles. The van der Waals surface area contributed by atoms with E-state index in [4.69, 9.17) is 9.47 Å². The fraction of sp³-hybridized carbons (Fsp3) is 0.375. The molecule has 0 spiro atoms. The highest BCUT2D eigenvalue weighted by atomic mass is 32.2. The summed E-state index contributed by atoms with van der Waals surface area (Å²) in [7, 11) is 1.64. The van der Waals surface area contributed by atoms with Crippen molar-refractivity contribution in [2.75, 3.05) is 12.9 Å². The second-order valence-electron chi connectivity index (χ2n) is 5.00. The van der Waals surface area contributed by atoms with Gasteiger partial charge in [-0.05, 0) is 50.6 Å². The Balaban J connectivity index is 2.17. The summed E-state index contributed by atoms with van der Waals surface area (Å²) in [6, 6.07) is 7.81. The largest absolute Gasteiger partial charge is 0.497 e. The first kappa shape index (κ1) is 15.6. The molecular weight excluding hydrogens is 286 g/mol. The minimum absolute atomic E-state index is 0.0868. The number of aryl methyl sites for hydroxylation is 1. The van der Waals surface area contributed by atoms with Crippen LogP contribution in [-0.4, -0.2) is 29.9 Å². The van der Waals surface area contributed by atoms with E-state index in [0.29, 0.717) is 0 Å². The average Bonchev–Trinajstić information content (AvgIpc) is 2.43. The van der Waals surface area contributed by atoms with E-state index in [0.717, 1.165) is 27.2 Å². The number of rotatable bonds is 5. The SMILES string of the molecule is COc1ccc2nc(SCC(=O)OC(C)C)c(C)cc2c1. The minimum Gasteiger partial charge on any atom is -0.497 e. The number of ether oxygens (including phenoxy) is 2. The Hall–Kier alpha value is -1.75. The third kappa shape index (κ3) is 4.11. The number of pyridine rings is 1. The van der Waals surface area contributed by atoms with Gasteiger partial charge in [0.05, 0.1) is 24.5 Å². The molecule has 0 aliphatic rings.